The lowest BCUT2D eigenvalue weighted by Crippen LogP contribution is -2.46. The van der Waals surface area contributed by atoms with Gasteiger partial charge in [-0.2, -0.15) is 11.8 Å². The highest BCUT2D eigenvalue weighted by atomic mass is 35.5. The van der Waals surface area contributed by atoms with Crippen LogP contribution >= 0.6 is 23.4 Å². The Hall–Kier alpha value is -0.870. The molecule has 1 saturated heterocycles. The molecule has 1 N–H and O–H groups in total. The number of aromatic hydroxyl groups is 1. The first kappa shape index (κ1) is 13.6. The van der Waals surface area contributed by atoms with E-state index in [1.165, 1.54) is 12.1 Å². The predicted molar refractivity (Wildman–Crippen MR) is 75.6 cm³/mol. The number of thioether (sulfide) groups is 1. The third kappa shape index (κ3) is 2.93. The fourth-order valence-electron chi connectivity index (χ4n) is 2.01. The van der Waals surface area contributed by atoms with E-state index < -0.39 is 0 Å². The molecule has 0 aromatic heterocycles. The van der Waals surface area contributed by atoms with Crippen molar-refractivity contribution in [3.05, 3.63) is 28.8 Å². The number of phenolic OH excluding ortho intramolecular Hbond substituents is 1. The van der Waals surface area contributed by atoms with Crippen LogP contribution in [-0.2, 0) is 0 Å². The van der Waals surface area contributed by atoms with Crippen LogP contribution in [0.1, 0.15) is 24.2 Å². The van der Waals surface area contributed by atoms with Crippen molar-refractivity contribution in [2.75, 3.05) is 18.8 Å². The van der Waals surface area contributed by atoms with Gasteiger partial charge < -0.3 is 10.0 Å². The Morgan fingerprint density at radius 2 is 2.22 bits per heavy atom. The van der Waals surface area contributed by atoms with Gasteiger partial charge in [-0.25, -0.2) is 0 Å². The summed E-state index contributed by atoms with van der Waals surface area (Å²) in [6.45, 7) is 5.77. The maximum Gasteiger partial charge on any atom is 0.253 e. The Morgan fingerprint density at radius 3 is 2.83 bits per heavy atom. The largest absolute Gasteiger partial charge is 0.506 e. The third-order valence-electron chi connectivity index (χ3n) is 2.91. The lowest BCUT2D eigenvalue weighted by Gasteiger charge is -2.37. The summed E-state index contributed by atoms with van der Waals surface area (Å²) in [5, 5.41) is 9.57. The summed E-state index contributed by atoms with van der Waals surface area (Å²) in [6, 6.07) is 4.59. The van der Waals surface area contributed by atoms with Crippen LogP contribution in [0.3, 0.4) is 0 Å². The minimum absolute atomic E-state index is 0.00254. The maximum absolute atomic E-state index is 12.3. The van der Waals surface area contributed by atoms with Crippen LogP contribution in [0.4, 0.5) is 0 Å². The fraction of sp³-hybridized carbons (Fsp3) is 0.462. The molecule has 0 bridgehead atoms. The smallest absolute Gasteiger partial charge is 0.253 e. The normalized spacial score (nSPS) is 18.7. The molecule has 98 valence electrons. The van der Waals surface area contributed by atoms with Gasteiger partial charge in [0.1, 0.15) is 5.75 Å². The zero-order valence-corrected chi connectivity index (χ0v) is 12.0. The van der Waals surface area contributed by atoms with Crippen molar-refractivity contribution in [1.29, 1.82) is 0 Å². The van der Waals surface area contributed by atoms with Crippen molar-refractivity contribution in [3.63, 3.8) is 0 Å². The average molecular weight is 286 g/mol. The van der Waals surface area contributed by atoms with Gasteiger partial charge >= 0.3 is 0 Å². The Morgan fingerprint density at radius 1 is 1.50 bits per heavy atom. The molecular formula is C13H16ClNO2S. The van der Waals surface area contributed by atoms with Crippen LogP contribution in [0.5, 0.6) is 5.75 Å². The number of nitrogens with zero attached hydrogens (tertiary/aromatic N) is 1. The quantitative estimate of drug-likeness (QED) is 0.862. The first-order valence-corrected chi connectivity index (χ1v) is 7.17. The molecule has 0 spiro atoms. The Bertz CT molecular complexity index is 476. The SMILES string of the molecule is CC1(C)CN(C(=O)c2ccc(O)c(Cl)c2)CCS1. The van der Waals surface area contributed by atoms with Crippen molar-refractivity contribution in [2.24, 2.45) is 0 Å². The van der Waals surface area contributed by atoms with E-state index in [1.54, 1.807) is 6.07 Å². The lowest BCUT2D eigenvalue weighted by molar-refractivity contribution is 0.0748. The molecule has 1 aliphatic heterocycles. The number of hydrogen-bond acceptors (Lipinski definition) is 3. The van der Waals surface area contributed by atoms with Crippen molar-refractivity contribution in [2.45, 2.75) is 18.6 Å². The van der Waals surface area contributed by atoms with Gasteiger partial charge in [0.25, 0.3) is 5.91 Å². The van der Waals surface area contributed by atoms with Crippen molar-refractivity contribution in [1.82, 2.24) is 4.90 Å². The monoisotopic (exact) mass is 285 g/mol. The van der Waals surface area contributed by atoms with Crippen molar-refractivity contribution < 1.29 is 9.90 Å². The van der Waals surface area contributed by atoms with Gasteiger partial charge in [0.15, 0.2) is 0 Å². The molecule has 2 rings (SSSR count). The highest BCUT2D eigenvalue weighted by molar-refractivity contribution is 8.00. The molecule has 1 fully saturated rings. The standard InChI is InChI=1S/C13H16ClNO2S/c1-13(2)8-15(5-6-18-13)12(17)9-3-4-11(16)10(14)7-9/h3-4,7,16H,5-6,8H2,1-2H3. The molecule has 0 atom stereocenters. The first-order chi connectivity index (χ1) is 8.39. The summed E-state index contributed by atoms with van der Waals surface area (Å²) in [5.41, 5.74) is 0.528. The molecule has 0 saturated carbocycles. The maximum atomic E-state index is 12.3. The number of phenols is 1. The van der Waals surface area contributed by atoms with E-state index in [2.05, 4.69) is 13.8 Å². The number of rotatable bonds is 1. The van der Waals surface area contributed by atoms with Gasteiger partial charge in [-0.05, 0) is 32.0 Å². The first-order valence-electron chi connectivity index (χ1n) is 5.81. The van der Waals surface area contributed by atoms with E-state index in [9.17, 15) is 9.90 Å². The lowest BCUT2D eigenvalue weighted by atomic mass is 10.1. The number of halogens is 1. The van der Waals surface area contributed by atoms with Gasteiger partial charge in [0, 0.05) is 29.2 Å². The Kier molecular flexibility index (Phi) is 3.78. The van der Waals surface area contributed by atoms with E-state index in [-0.39, 0.29) is 21.4 Å². The molecule has 1 amide bonds. The van der Waals surface area contributed by atoms with E-state index in [0.29, 0.717) is 5.56 Å². The summed E-state index contributed by atoms with van der Waals surface area (Å²) in [7, 11) is 0. The Labute approximate surface area is 116 Å². The van der Waals surface area contributed by atoms with Crippen LogP contribution in [0.2, 0.25) is 5.02 Å². The molecule has 3 nitrogen and oxygen atoms in total. The topological polar surface area (TPSA) is 40.5 Å². The van der Waals surface area contributed by atoms with E-state index in [0.717, 1.165) is 18.8 Å². The molecule has 5 heteroatoms. The molecule has 0 unspecified atom stereocenters. The van der Waals surface area contributed by atoms with Gasteiger partial charge in [0.2, 0.25) is 0 Å². The molecule has 1 aromatic carbocycles. The second kappa shape index (κ2) is 5.02. The molecule has 0 aliphatic carbocycles. The number of amides is 1. The van der Waals surface area contributed by atoms with Crippen molar-refractivity contribution >= 4 is 29.3 Å². The van der Waals surface area contributed by atoms with Crippen LogP contribution in [-0.4, -0.2) is 39.5 Å². The van der Waals surface area contributed by atoms with E-state index >= 15 is 0 Å². The number of hydrogen-bond donors (Lipinski definition) is 1. The highest BCUT2D eigenvalue weighted by Gasteiger charge is 2.30. The van der Waals surface area contributed by atoms with Crippen LogP contribution in [0, 0.1) is 0 Å². The zero-order valence-electron chi connectivity index (χ0n) is 10.4. The van der Waals surface area contributed by atoms with Gasteiger partial charge in [0.05, 0.1) is 5.02 Å². The van der Waals surface area contributed by atoms with Crippen LogP contribution in [0.25, 0.3) is 0 Å². The summed E-state index contributed by atoms with van der Waals surface area (Å²) >= 11 is 7.71. The van der Waals surface area contributed by atoms with Gasteiger partial charge in [-0.3, -0.25) is 4.79 Å². The van der Waals surface area contributed by atoms with Crippen molar-refractivity contribution in [3.8, 4) is 5.75 Å². The predicted octanol–water partition coefficient (Wildman–Crippen LogP) is 3.01. The zero-order chi connectivity index (χ0) is 13.3. The molecule has 1 aromatic rings. The van der Waals surface area contributed by atoms with Gasteiger partial charge in [-0.15, -0.1) is 0 Å². The number of carbonyl (C=O) groups excluding carboxylic acids is 1. The highest BCUT2D eigenvalue weighted by Crippen LogP contribution is 2.31. The summed E-state index contributed by atoms with van der Waals surface area (Å²) < 4.78 is 0.0919. The number of carbonyl (C=O) groups is 1. The molecule has 1 heterocycles. The average Bonchev–Trinajstić information content (AvgIpc) is 2.30. The second-order valence-electron chi connectivity index (χ2n) is 5.00. The molecule has 0 radical (unpaired) electrons. The molecule has 1 aliphatic rings. The second-order valence-corrected chi connectivity index (χ2v) is 7.21. The minimum Gasteiger partial charge on any atom is -0.506 e. The van der Waals surface area contributed by atoms with Gasteiger partial charge in [-0.1, -0.05) is 11.6 Å². The fourth-order valence-corrected chi connectivity index (χ4v) is 3.30. The Balaban J connectivity index is 2.18. The third-order valence-corrected chi connectivity index (χ3v) is 4.51. The van der Waals surface area contributed by atoms with Crippen LogP contribution in [0.15, 0.2) is 18.2 Å². The molecule has 18 heavy (non-hydrogen) atoms. The minimum atomic E-state index is -0.0229. The summed E-state index contributed by atoms with van der Waals surface area (Å²) in [4.78, 5) is 14.2. The molecular weight excluding hydrogens is 270 g/mol. The van der Waals surface area contributed by atoms with E-state index in [4.69, 9.17) is 11.6 Å². The van der Waals surface area contributed by atoms with Crippen LogP contribution < -0.4 is 0 Å². The summed E-state index contributed by atoms with van der Waals surface area (Å²) in [5.74, 6) is 0.929. The number of benzene rings is 1. The van der Waals surface area contributed by atoms with E-state index in [1.807, 2.05) is 16.7 Å². The summed E-state index contributed by atoms with van der Waals surface area (Å²) in [6.07, 6.45) is 0.